The average molecular weight is 1020 g/mol. The average Bonchev–Trinajstić information content (AvgIpc) is 3.38. The highest BCUT2D eigenvalue weighted by Crippen LogP contribution is 2.64. The van der Waals surface area contributed by atoms with Crippen LogP contribution in [-0.4, -0.2) is 108 Å². The van der Waals surface area contributed by atoms with Gasteiger partial charge in [-0.15, -0.1) is 0 Å². The van der Waals surface area contributed by atoms with Crippen LogP contribution < -0.4 is 0 Å². The molecular formula is C56H58N8O9S. The topological polar surface area (TPSA) is 198 Å². The van der Waals surface area contributed by atoms with E-state index in [4.69, 9.17) is 55.8 Å². The van der Waals surface area contributed by atoms with Gasteiger partial charge in [0.1, 0.15) is 33.4 Å². The Morgan fingerprint density at radius 1 is 0.635 bits per heavy atom. The highest BCUT2D eigenvalue weighted by atomic mass is 32.1. The Hall–Kier alpha value is -7.47. The van der Waals surface area contributed by atoms with Crippen LogP contribution in [0.4, 0.5) is 5.69 Å². The Morgan fingerprint density at radius 2 is 1.14 bits per heavy atom. The number of hydrogen-bond donors (Lipinski definition) is 0. The van der Waals surface area contributed by atoms with Crippen LogP contribution in [0.3, 0.4) is 0 Å². The number of esters is 4. The molecule has 2 aliphatic rings. The summed E-state index contributed by atoms with van der Waals surface area (Å²) in [6.07, 6.45) is 2.00. The van der Waals surface area contributed by atoms with E-state index in [0.717, 1.165) is 0 Å². The molecule has 0 amide bonds. The first-order chi connectivity index (χ1) is 35.4. The summed E-state index contributed by atoms with van der Waals surface area (Å²) in [5.74, 6) is -2.56. The van der Waals surface area contributed by atoms with E-state index in [-0.39, 0.29) is 44.2 Å². The van der Waals surface area contributed by atoms with Gasteiger partial charge in [-0.2, -0.15) is 4.99 Å². The summed E-state index contributed by atoms with van der Waals surface area (Å²) >= 11 is 4.85. The van der Waals surface area contributed by atoms with Crippen LogP contribution in [0.5, 0.6) is 0 Å². The summed E-state index contributed by atoms with van der Waals surface area (Å²) in [7, 11) is 2.62. The van der Waals surface area contributed by atoms with Gasteiger partial charge < -0.3 is 23.7 Å². The van der Waals surface area contributed by atoms with E-state index >= 15 is 9.59 Å². The SMILES string of the molecule is COC(=O)C12CN(Cc3cccc(C(=O)OC(C)(C)C)n3)CC(C(=O)OC)(C(c3ccccn3)N(Cc3cccc(-c4cccc(C(=O)OC(C)(C)C)n4)n3)C1c1ccccn1)C2OCc1ccc(N=C=S)cc1. The number of methoxy groups -OCH3 is 2. The fraction of sp³-hybridized carbons (Fsp3) is 0.357. The molecule has 8 rings (SSSR count). The number of carbonyl (C=O) groups excluding carboxylic acids is 4. The molecule has 17 nitrogen and oxygen atoms in total. The Labute approximate surface area is 435 Å². The molecule has 0 saturated carbocycles. The minimum atomic E-state index is -1.80. The van der Waals surface area contributed by atoms with E-state index in [1.54, 1.807) is 121 Å². The lowest BCUT2D eigenvalue weighted by atomic mass is 9.53. The maximum absolute atomic E-state index is 15.7. The van der Waals surface area contributed by atoms with Gasteiger partial charge in [-0.05, 0) is 132 Å². The lowest BCUT2D eigenvalue weighted by Gasteiger charge is -2.66. The van der Waals surface area contributed by atoms with E-state index in [2.05, 4.69) is 15.1 Å². The molecule has 5 aromatic heterocycles. The highest BCUT2D eigenvalue weighted by Gasteiger charge is 2.76. The van der Waals surface area contributed by atoms with E-state index in [9.17, 15) is 9.59 Å². The second-order valence-corrected chi connectivity index (χ2v) is 20.4. The molecule has 0 radical (unpaired) electrons. The number of nitrogens with zero attached hydrogens (tertiary/aromatic N) is 8. The number of fused-ring (bicyclic) bond motifs is 2. The summed E-state index contributed by atoms with van der Waals surface area (Å²) in [4.78, 5) is 90.5. The van der Waals surface area contributed by atoms with Crippen molar-refractivity contribution in [3.63, 3.8) is 0 Å². The zero-order chi connectivity index (χ0) is 52.8. The normalized spacial score (nSPS) is 20.9. The number of benzene rings is 1. The molecule has 0 spiro atoms. The van der Waals surface area contributed by atoms with Crippen molar-refractivity contribution in [2.75, 3.05) is 27.3 Å². The van der Waals surface area contributed by atoms with E-state index in [1.165, 1.54) is 14.2 Å². The third kappa shape index (κ3) is 11.2. The van der Waals surface area contributed by atoms with E-state index in [0.29, 0.717) is 45.4 Å². The van der Waals surface area contributed by atoms with Gasteiger partial charge in [-0.1, -0.05) is 42.5 Å². The van der Waals surface area contributed by atoms with Crippen molar-refractivity contribution in [1.29, 1.82) is 0 Å². The number of isothiocyanates is 1. The van der Waals surface area contributed by atoms with Gasteiger partial charge in [0.15, 0.2) is 0 Å². The molecule has 18 heteroatoms. The molecule has 2 saturated heterocycles. The molecule has 1 aromatic carbocycles. The molecule has 7 heterocycles. The first-order valence-corrected chi connectivity index (χ1v) is 24.4. The van der Waals surface area contributed by atoms with Gasteiger partial charge in [0.05, 0.1) is 84.0 Å². The van der Waals surface area contributed by atoms with Gasteiger partial charge in [0, 0.05) is 38.6 Å². The molecule has 2 aliphatic heterocycles. The number of carbonyl (C=O) groups is 4. The van der Waals surface area contributed by atoms with Gasteiger partial charge in [-0.3, -0.25) is 29.4 Å². The third-order valence-corrected chi connectivity index (χ3v) is 12.8. The van der Waals surface area contributed by atoms with E-state index < -0.39 is 64.1 Å². The van der Waals surface area contributed by atoms with Crippen molar-refractivity contribution in [1.82, 2.24) is 34.7 Å². The number of pyridine rings is 5. The van der Waals surface area contributed by atoms with Gasteiger partial charge in [0.2, 0.25) is 0 Å². The second-order valence-electron chi connectivity index (χ2n) is 20.2. The summed E-state index contributed by atoms with van der Waals surface area (Å²) in [5.41, 5.74) is -0.839. The van der Waals surface area contributed by atoms with Crippen molar-refractivity contribution in [3.05, 3.63) is 167 Å². The van der Waals surface area contributed by atoms with Crippen LogP contribution in [-0.2, 0) is 53.0 Å². The molecule has 4 atom stereocenters. The molecule has 0 N–H and O–H groups in total. The number of likely N-dealkylation sites (tertiary alicyclic amines) is 2. The summed E-state index contributed by atoms with van der Waals surface area (Å²) in [6.45, 7) is 10.6. The van der Waals surface area contributed by atoms with Gasteiger partial charge in [0.25, 0.3) is 0 Å². The quantitative estimate of drug-likeness (QED) is 0.0409. The van der Waals surface area contributed by atoms with Crippen LogP contribution in [0.1, 0.15) is 103 Å². The first-order valence-electron chi connectivity index (χ1n) is 24.0. The Bertz CT molecular complexity index is 2980. The smallest absolute Gasteiger partial charge is 0.357 e. The zero-order valence-corrected chi connectivity index (χ0v) is 43.4. The summed E-state index contributed by atoms with van der Waals surface area (Å²) < 4.78 is 30.4. The third-order valence-electron chi connectivity index (χ3n) is 12.7. The van der Waals surface area contributed by atoms with Crippen molar-refractivity contribution in [2.24, 2.45) is 15.8 Å². The number of aromatic nitrogens is 5. The van der Waals surface area contributed by atoms with Crippen molar-refractivity contribution < 1.29 is 42.9 Å². The van der Waals surface area contributed by atoms with Crippen LogP contribution in [0.2, 0.25) is 0 Å². The molecule has 382 valence electrons. The number of ether oxygens (including phenoxy) is 5. The van der Waals surface area contributed by atoms with Crippen LogP contribution in [0.15, 0.2) is 133 Å². The summed E-state index contributed by atoms with van der Waals surface area (Å²) in [6, 6.07) is 31.6. The Balaban J connectivity index is 1.35. The zero-order valence-electron chi connectivity index (χ0n) is 42.6. The fourth-order valence-electron chi connectivity index (χ4n) is 10.2. The molecule has 4 unspecified atom stereocenters. The van der Waals surface area contributed by atoms with Crippen LogP contribution >= 0.6 is 12.2 Å². The minimum absolute atomic E-state index is 0.00757. The number of piperidine rings is 2. The monoisotopic (exact) mass is 1020 g/mol. The maximum Gasteiger partial charge on any atom is 0.357 e. The largest absolute Gasteiger partial charge is 0.468 e. The van der Waals surface area contributed by atoms with Gasteiger partial charge >= 0.3 is 23.9 Å². The van der Waals surface area contributed by atoms with Crippen molar-refractivity contribution in [3.8, 4) is 11.4 Å². The number of rotatable bonds is 15. The Kier molecular flexibility index (Phi) is 15.7. The number of thiocarbonyl (C=S) groups is 1. The first kappa shape index (κ1) is 52.8. The van der Waals surface area contributed by atoms with Crippen LogP contribution in [0, 0.1) is 10.8 Å². The van der Waals surface area contributed by atoms with Gasteiger partial charge in [-0.25, -0.2) is 24.5 Å². The lowest BCUT2D eigenvalue weighted by Crippen LogP contribution is -2.77. The fourth-order valence-corrected chi connectivity index (χ4v) is 10.3. The Morgan fingerprint density at radius 3 is 1.64 bits per heavy atom. The predicted octanol–water partition coefficient (Wildman–Crippen LogP) is 8.69. The van der Waals surface area contributed by atoms with E-state index in [1.807, 2.05) is 58.3 Å². The number of hydrogen-bond acceptors (Lipinski definition) is 18. The second kappa shape index (κ2) is 21.9. The minimum Gasteiger partial charge on any atom is -0.468 e. The number of aliphatic imine (C=N–C) groups is 1. The lowest BCUT2D eigenvalue weighted by molar-refractivity contribution is -0.269. The molecule has 74 heavy (non-hydrogen) atoms. The molecule has 0 aliphatic carbocycles. The van der Waals surface area contributed by atoms with Crippen LogP contribution in [0.25, 0.3) is 11.4 Å². The summed E-state index contributed by atoms with van der Waals surface area (Å²) in [5, 5.41) is 2.39. The van der Waals surface area contributed by atoms with Crippen molar-refractivity contribution in [2.45, 2.75) is 90.6 Å². The maximum atomic E-state index is 15.7. The molecule has 2 fully saturated rings. The molecule has 2 bridgehead atoms. The highest BCUT2D eigenvalue weighted by molar-refractivity contribution is 7.78. The van der Waals surface area contributed by atoms with Crippen molar-refractivity contribution >= 4 is 46.9 Å². The standard InChI is InChI=1S/C56H58N8O9S/c1-53(2,3)72-48(65)44-22-14-16-38(61-44)30-63-33-55(51(67)69-7)46(42-18-9-11-28-57-42)64(31-39-17-13-20-40(60-39)41-21-15-23-45(62-41)49(66)73-54(4,5)6)47(43-19-10-12-29-58-43)56(34-63,52(68)70-8)50(55)71-32-36-24-26-37(27-25-36)59-35-74/h9-29,46-47,50H,30-34H2,1-8H3. The molecule has 6 aromatic rings. The predicted molar refractivity (Wildman–Crippen MR) is 275 cm³/mol. The molecular weight excluding hydrogens is 961 g/mol.